The number of rotatable bonds is 16. The summed E-state index contributed by atoms with van der Waals surface area (Å²) in [6.45, 7) is 4.48. The van der Waals surface area contributed by atoms with Crippen LogP contribution in [0.25, 0.3) is 0 Å². The summed E-state index contributed by atoms with van der Waals surface area (Å²) < 4.78 is 2.21. The maximum absolute atomic E-state index is 11.3. The first kappa shape index (κ1) is 22.6. The summed E-state index contributed by atoms with van der Waals surface area (Å²) in [5.41, 5.74) is 0. The van der Waals surface area contributed by atoms with E-state index in [-0.39, 0.29) is 3.27 Å². The van der Waals surface area contributed by atoms with Crippen LogP contribution in [0.2, 0.25) is 8.87 Å². The number of carboxylic acids is 1. The van der Waals surface area contributed by atoms with Crippen LogP contribution in [0.5, 0.6) is 0 Å². The van der Waals surface area contributed by atoms with Crippen LogP contribution in [0.1, 0.15) is 90.9 Å². The van der Waals surface area contributed by atoms with Crippen LogP contribution in [-0.2, 0) is 4.79 Å². The van der Waals surface area contributed by atoms with E-state index in [2.05, 4.69) is 26.5 Å². The molecule has 0 heterocycles. The molecule has 0 aromatic heterocycles. The van der Waals surface area contributed by atoms with Crippen molar-refractivity contribution in [3.8, 4) is 0 Å². The summed E-state index contributed by atoms with van der Waals surface area (Å²) in [6, 6.07) is 0. The van der Waals surface area contributed by atoms with Gasteiger partial charge in [-0.3, -0.25) is 0 Å². The summed E-state index contributed by atoms with van der Waals surface area (Å²) in [6.07, 6.45) is 15.7. The fourth-order valence-corrected chi connectivity index (χ4v) is 13.5. The number of hydrogen-bond acceptors (Lipinski definition) is 2. The fraction of sp³-hybridized carbons (Fsp3) is 0.944. The van der Waals surface area contributed by atoms with E-state index in [0.717, 1.165) is 0 Å². The quantitative estimate of drug-likeness (QED) is 0.180. The Labute approximate surface area is 151 Å². The average molecular weight is 437 g/mol. The molecule has 132 valence electrons. The normalized spacial score (nSPS) is 12.7. The molecule has 0 fully saturated rings. The van der Waals surface area contributed by atoms with Crippen molar-refractivity contribution in [3.63, 3.8) is 0 Å². The number of aliphatic carboxylic acids is 1. The van der Waals surface area contributed by atoms with Gasteiger partial charge in [0.15, 0.2) is 0 Å². The second-order valence-electron chi connectivity index (χ2n) is 6.66. The van der Waals surface area contributed by atoms with E-state index in [9.17, 15) is 9.90 Å². The van der Waals surface area contributed by atoms with Gasteiger partial charge in [0.25, 0.3) is 0 Å². The molecule has 0 radical (unpaired) electrons. The Balaban J connectivity index is 3.88. The van der Waals surface area contributed by atoms with Gasteiger partial charge in [-0.25, -0.2) is 0 Å². The monoisotopic (exact) mass is 438 g/mol. The third kappa shape index (κ3) is 13.1. The van der Waals surface area contributed by atoms with E-state index in [1.165, 1.54) is 85.9 Å². The zero-order valence-electron chi connectivity index (χ0n) is 14.9. The Bertz CT molecular complexity index is 245. The minimum atomic E-state index is -2.00. The molecule has 0 amide bonds. The first-order chi connectivity index (χ1) is 10.6. The van der Waals surface area contributed by atoms with E-state index in [4.69, 9.17) is 0 Å². The molecule has 0 bridgehead atoms. The summed E-state index contributed by atoms with van der Waals surface area (Å²) in [4.78, 5) is 11.3. The number of unbranched alkanes of at least 4 members (excludes halogenated alkanes) is 10. The van der Waals surface area contributed by atoms with Crippen molar-refractivity contribution in [1.29, 1.82) is 0 Å². The number of carboxylic acid groups (broad SMARTS) is 1. The minimum absolute atomic E-state index is 0.270. The van der Waals surface area contributed by atoms with Gasteiger partial charge in [0.05, 0.1) is 0 Å². The molecule has 2 nitrogen and oxygen atoms in total. The van der Waals surface area contributed by atoms with Gasteiger partial charge in [0.1, 0.15) is 0 Å². The molecule has 0 spiro atoms. The molecular formula is C18H38O2SSn. The molecule has 0 saturated carbocycles. The fourth-order valence-electron chi connectivity index (χ4n) is 3.04. The zero-order valence-corrected chi connectivity index (χ0v) is 19.0. The molecule has 22 heavy (non-hydrogen) atoms. The van der Waals surface area contributed by atoms with E-state index >= 15 is 0 Å². The predicted molar refractivity (Wildman–Crippen MR) is 104 cm³/mol. The SMILES string of the molecule is CCCCCCC[CH2][SnH]([CH2]CCCCCCC)[CH](S)C(=O)O. The summed E-state index contributed by atoms with van der Waals surface area (Å²) in [5.74, 6) is -0.652. The first-order valence-electron chi connectivity index (χ1n) is 9.54. The van der Waals surface area contributed by atoms with Crippen molar-refractivity contribution in [3.05, 3.63) is 0 Å². The Kier molecular flexibility index (Phi) is 16.9. The van der Waals surface area contributed by atoms with Gasteiger partial charge in [-0.2, -0.15) is 0 Å². The van der Waals surface area contributed by atoms with Crippen LogP contribution in [0.4, 0.5) is 0 Å². The van der Waals surface area contributed by atoms with Gasteiger partial charge in [-0.1, -0.05) is 0 Å². The average Bonchev–Trinajstić information content (AvgIpc) is 2.51. The third-order valence-electron chi connectivity index (χ3n) is 4.56. The van der Waals surface area contributed by atoms with Crippen LogP contribution < -0.4 is 0 Å². The van der Waals surface area contributed by atoms with E-state index in [1.54, 1.807) is 0 Å². The Hall–Kier alpha value is 0.619. The summed E-state index contributed by atoms with van der Waals surface area (Å²) in [5, 5.41) is 9.27. The molecule has 0 aromatic rings. The molecule has 4 heteroatoms. The van der Waals surface area contributed by atoms with Crippen LogP contribution in [-0.4, -0.2) is 34.1 Å². The molecule has 1 N–H and O–H groups in total. The molecule has 1 unspecified atom stereocenters. The third-order valence-corrected chi connectivity index (χ3v) is 17.5. The van der Waals surface area contributed by atoms with Crippen LogP contribution in [0, 0.1) is 0 Å². The van der Waals surface area contributed by atoms with Crippen molar-refractivity contribution in [2.24, 2.45) is 0 Å². The van der Waals surface area contributed by atoms with Gasteiger partial charge in [0, 0.05) is 0 Å². The Morgan fingerprint density at radius 3 is 1.55 bits per heavy atom. The van der Waals surface area contributed by atoms with Crippen molar-refractivity contribution in [2.75, 3.05) is 0 Å². The van der Waals surface area contributed by atoms with Crippen molar-refractivity contribution < 1.29 is 9.90 Å². The van der Waals surface area contributed by atoms with Crippen LogP contribution >= 0.6 is 12.6 Å². The van der Waals surface area contributed by atoms with E-state index in [1.807, 2.05) is 0 Å². The number of thiol groups is 1. The molecule has 0 aliphatic carbocycles. The Morgan fingerprint density at radius 2 is 1.18 bits per heavy atom. The van der Waals surface area contributed by atoms with Gasteiger partial charge in [-0.15, -0.1) is 0 Å². The standard InChI is InChI=1S/2C8H17.C2H3O2S.Sn.H/c2*1-3-5-7-8-6-4-2;3-2(4)1-5;;/h2*1,3-8H2,2H3;1,5H,(H,3,4);;. The van der Waals surface area contributed by atoms with Gasteiger partial charge >= 0.3 is 151 Å². The molecule has 0 rings (SSSR count). The van der Waals surface area contributed by atoms with Crippen LogP contribution in [0.3, 0.4) is 0 Å². The molecule has 0 aliphatic rings. The predicted octanol–water partition coefficient (Wildman–Crippen LogP) is 5.86. The topological polar surface area (TPSA) is 37.3 Å². The molecule has 0 aromatic carbocycles. The number of hydrogen-bond donors (Lipinski definition) is 2. The second kappa shape index (κ2) is 16.5. The van der Waals surface area contributed by atoms with Gasteiger partial charge < -0.3 is 0 Å². The Morgan fingerprint density at radius 1 is 0.818 bits per heavy atom. The van der Waals surface area contributed by atoms with Crippen molar-refractivity contribution in [1.82, 2.24) is 0 Å². The maximum atomic E-state index is 11.3. The van der Waals surface area contributed by atoms with Crippen molar-refractivity contribution in [2.45, 2.75) is 103 Å². The van der Waals surface area contributed by atoms with E-state index in [0.29, 0.717) is 0 Å². The zero-order chi connectivity index (χ0) is 16.6. The summed E-state index contributed by atoms with van der Waals surface area (Å²) >= 11 is 2.43. The number of carbonyl (C=O) groups is 1. The summed E-state index contributed by atoms with van der Waals surface area (Å²) in [7, 11) is 0. The molecule has 1 atom stereocenters. The molecule has 0 saturated heterocycles. The van der Waals surface area contributed by atoms with Crippen molar-refractivity contribution >= 4 is 38.4 Å². The van der Waals surface area contributed by atoms with Gasteiger partial charge in [0.2, 0.25) is 0 Å². The second-order valence-corrected chi connectivity index (χ2v) is 18.4. The van der Waals surface area contributed by atoms with Gasteiger partial charge in [-0.05, 0) is 0 Å². The van der Waals surface area contributed by atoms with E-state index < -0.39 is 25.7 Å². The molecular weight excluding hydrogens is 399 g/mol. The van der Waals surface area contributed by atoms with Crippen LogP contribution in [0.15, 0.2) is 0 Å². The molecule has 0 aliphatic heterocycles. The first-order valence-corrected chi connectivity index (χ1v) is 16.6.